The third kappa shape index (κ3) is 2.29. The topological polar surface area (TPSA) is 37.3 Å². The predicted molar refractivity (Wildman–Crippen MR) is 89.4 cm³/mol. The molecule has 0 radical (unpaired) electrons. The Morgan fingerprint density at radius 1 is 1.18 bits per heavy atom. The number of fused-ring (bicyclic) bond motifs is 3. The maximum absolute atomic E-state index is 12.3. The number of carbonyl (C=O) groups excluding carboxylic acids is 1. The third-order valence-corrected chi connectivity index (χ3v) is 7.28. The lowest BCUT2D eigenvalue weighted by atomic mass is 9.72. The number of ketones is 1. The van der Waals surface area contributed by atoms with Crippen LogP contribution in [0, 0.1) is 35.0 Å². The number of carbonyl (C=O) groups is 1. The Bertz CT molecular complexity index is 504. The number of hydrogen-bond acceptors (Lipinski definition) is 2. The quantitative estimate of drug-likeness (QED) is 0.786. The van der Waals surface area contributed by atoms with Crippen molar-refractivity contribution in [3.8, 4) is 0 Å². The van der Waals surface area contributed by atoms with Crippen LogP contribution in [0.5, 0.6) is 0 Å². The van der Waals surface area contributed by atoms with Crippen LogP contribution in [0.2, 0.25) is 0 Å². The summed E-state index contributed by atoms with van der Waals surface area (Å²) in [4.78, 5) is 12.3. The van der Waals surface area contributed by atoms with Gasteiger partial charge in [-0.1, -0.05) is 26.3 Å². The molecule has 3 fully saturated rings. The molecular formula is C20H32O2. The van der Waals surface area contributed by atoms with Crippen molar-refractivity contribution in [2.45, 2.75) is 72.3 Å². The third-order valence-electron chi connectivity index (χ3n) is 7.28. The Balaban J connectivity index is 1.84. The van der Waals surface area contributed by atoms with Crippen LogP contribution in [0.25, 0.3) is 0 Å². The van der Waals surface area contributed by atoms with Gasteiger partial charge in [0.25, 0.3) is 0 Å². The Kier molecular flexibility index (Phi) is 3.83. The Morgan fingerprint density at radius 2 is 1.86 bits per heavy atom. The molecule has 0 amide bonds. The average Bonchev–Trinajstić information content (AvgIpc) is 2.86. The standard InChI is InChI=1S/C20H32O2/c1-12(2)10-15(21)11-19(5)16-7-6-14(4)20(22)9-8-13(3)17(20)18(16)19/h10,13-14,16-18,22H,6-9,11H2,1-5H3/t13-,14-,16-,17+,18-,19+,20-/m0/s1. The molecule has 3 rings (SSSR count). The van der Waals surface area contributed by atoms with Crippen molar-refractivity contribution in [3.63, 3.8) is 0 Å². The smallest absolute Gasteiger partial charge is 0.156 e. The molecule has 2 nitrogen and oxygen atoms in total. The van der Waals surface area contributed by atoms with E-state index in [1.807, 2.05) is 13.8 Å². The molecule has 124 valence electrons. The van der Waals surface area contributed by atoms with E-state index < -0.39 is 5.60 Å². The van der Waals surface area contributed by atoms with Crippen LogP contribution in [-0.2, 0) is 4.79 Å². The summed E-state index contributed by atoms with van der Waals surface area (Å²) in [5.74, 6) is 2.88. The van der Waals surface area contributed by atoms with Crippen molar-refractivity contribution >= 4 is 5.78 Å². The van der Waals surface area contributed by atoms with Crippen molar-refractivity contribution in [1.29, 1.82) is 0 Å². The van der Waals surface area contributed by atoms with Gasteiger partial charge in [0.05, 0.1) is 5.60 Å². The molecule has 22 heavy (non-hydrogen) atoms. The minimum absolute atomic E-state index is 0.125. The highest BCUT2D eigenvalue weighted by Crippen LogP contribution is 2.73. The normalized spacial score (nSPS) is 49.8. The van der Waals surface area contributed by atoms with Gasteiger partial charge in [-0.3, -0.25) is 4.79 Å². The molecule has 0 unspecified atom stereocenters. The van der Waals surface area contributed by atoms with Gasteiger partial charge in [-0.05, 0) is 80.6 Å². The molecular weight excluding hydrogens is 272 g/mol. The molecule has 0 saturated heterocycles. The molecule has 0 aromatic heterocycles. The van der Waals surface area contributed by atoms with Crippen LogP contribution < -0.4 is 0 Å². The molecule has 3 saturated carbocycles. The van der Waals surface area contributed by atoms with E-state index in [-0.39, 0.29) is 11.2 Å². The van der Waals surface area contributed by atoms with Gasteiger partial charge >= 0.3 is 0 Å². The van der Waals surface area contributed by atoms with Crippen molar-refractivity contribution in [1.82, 2.24) is 0 Å². The van der Waals surface area contributed by atoms with Gasteiger partial charge in [-0.15, -0.1) is 0 Å². The Morgan fingerprint density at radius 3 is 2.50 bits per heavy atom. The summed E-state index contributed by atoms with van der Waals surface area (Å²) in [6, 6.07) is 0. The van der Waals surface area contributed by atoms with Crippen LogP contribution in [0.1, 0.15) is 66.7 Å². The van der Waals surface area contributed by atoms with Crippen molar-refractivity contribution in [2.24, 2.45) is 35.0 Å². The number of aliphatic hydroxyl groups is 1. The van der Waals surface area contributed by atoms with Crippen LogP contribution in [-0.4, -0.2) is 16.5 Å². The van der Waals surface area contributed by atoms with Crippen LogP contribution in [0.3, 0.4) is 0 Å². The number of hydrogen-bond donors (Lipinski definition) is 1. The zero-order valence-electron chi connectivity index (χ0n) is 14.9. The second-order valence-electron chi connectivity index (χ2n) is 9.01. The van der Waals surface area contributed by atoms with Gasteiger partial charge in [-0.25, -0.2) is 0 Å². The van der Waals surface area contributed by atoms with Crippen molar-refractivity contribution < 1.29 is 9.90 Å². The monoisotopic (exact) mass is 304 g/mol. The van der Waals surface area contributed by atoms with Crippen molar-refractivity contribution in [2.75, 3.05) is 0 Å². The van der Waals surface area contributed by atoms with Crippen molar-refractivity contribution in [3.05, 3.63) is 11.6 Å². The maximum atomic E-state index is 12.3. The van der Waals surface area contributed by atoms with E-state index >= 15 is 0 Å². The first-order valence-corrected chi connectivity index (χ1v) is 9.10. The van der Waals surface area contributed by atoms with E-state index in [1.54, 1.807) is 6.08 Å². The van der Waals surface area contributed by atoms with Gasteiger partial charge in [0, 0.05) is 6.42 Å². The fraction of sp³-hybridized carbons (Fsp3) is 0.850. The van der Waals surface area contributed by atoms with Gasteiger partial charge in [0.1, 0.15) is 0 Å². The highest BCUT2D eigenvalue weighted by atomic mass is 16.3. The summed E-state index contributed by atoms with van der Waals surface area (Å²) in [6.07, 6.45) is 6.88. The molecule has 2 heteroatoms. The molecule has 0 aromatic rings. The SMILES string of the molecule is CC(C)=CC(=O)C[C@@]1(C)[C@@H]2[C@H]3[C@@H](C)CC[C@]3(O)[C@@H](C)CC[C@@H]21. The van der Waals surface area contributed by atoms with E-state index in [0.29, 0.717) is 36.0 Å². The van der Waals surface area contributed by atoms with Gasteiger partial charge < -0.3 is 5.11 Å². The highest BCUT2D eigenvalue weighted by Gasteiger charge is 2.70. The molecule has 1 N–H and O–H groups in total. The lowest BCUT2D eigenvalue weighted by molar-refractivity contribution is -0.116. The van der Waals surface area contributed by atoms with Gasteiger partial charge in [-0.2, -0.15) is 0 Å². The fourth-order valence-electron chi connectivity index (χ4n) is 6.08. The summed E-state index contributed by atoms with van der Waals surface area (Å²) in [5.41, 5.74) is 0.741. The van der Waals surface area contributed by atoms with E-state index in [2.05, 4.69) is 20.8 Å². The van der Waals surface area contributed by atoms with Gasteiger partial charge in [0.2, 0.25) is 0 Å². The zero-order valence-corrected chi connectivity index (χ0v) is 14.9. The summed E-state index contributed by atoms with van der Waals surface area (Å²) >= 11 is 0. The molecule has 7 atom stereocenters. The molecule has 0 aromatic carbocycles. The Hall–Kier alpha value is -0.630. The van der Waals surface area contributed by atoms with Crippen LogP contribution in [0.15, 0.2) is 11.6 Å². The average molecular weight is 304 g/mol. The van der Waals surface area contributed by atoms with E-state index in [1.165, 1.54) is 6.42 Å². The maximum Gasteiger partial charge on any atom is 0.156 e. The fourth-order valence-corrected chi connectivity index (χ4v) is 6.08. The molecule has 0 spiro atoms. The minimum atomic E-state index is -0.476. The summed E-state index contributed by atoms with van der Waals surface area (Å²) in [6.45, 7) is 10.8. The zero-order chi connectivity index (χ0) is 16.3. The van der Waals surface area contributed by atoms with Crippen LogP contribution >= 0.6 is 0 Å². The van der Waals surface area contributed by atoms with E-state index in [0.717, 1.165) is 24.8 Å². The number of allylic oxidation sites excluding steroid dienone is 2. The van der Waals surface area contributed by atoms with Crippen LogP contribution in [0.4, 0.5) is 0 Å². The lowest BCUT2D eigenvalue weighted by Crippen LogP contribution is -2.43. The van der Waals surface area contributed by atoms with E-state index in [9.17, 15) is 9.90 Å². The summed E-state index contributed by atoms with van der Waals surface area (Å²) in [7, 11) is 0. The molecule has 3 aliphatic rings. The van der Waals surface area contributed by atoms with Gasteiger partial charge in [0.15, 0.2) is 5.78 Å². The second-order valence-corrected chi connectivity index (χ2v) is 9.01. The Labute approximate surface area is 135 Å². The van der Waals surface area contributed by atoms with E-state index in [4.69, 9.17) is 0 Å². The first-order chi connectivity index (χ1) is 10.2. The second kappa shape index (κ2) is 5.19. The largest absolute Gasteiger partial charge is 0.389 e. The first-order valence-electron chi connectivity index (χ1n) is 9.10. The first kappa shape index (κ1) is 16.2. The highest BCUT2D eigenvalue weighted by molar-refractivity contribution is 5.91. The minimum Gasteiger partial charge on any atom is -0.389 e. The molecule has 0 heterocycles. The molecule has 3 aliphatic carbocycles. The predicted octanol–water partition coefficient (Wildman–Crippen LogP) is 4.37. The lowest BCUT2D eigenvalue weighted by Gasteiger charge is -2.38. The summed E-state index contributed by atoms with van der Waals surface area (Å²) in [5, 5.41) is 11.3. The molecule has 0 bridgehead atoms. The summed E-state index contributed by atoms with van der Waals surface area (Å²) < 4.78 is 0. The molecule has 0 aliphatic heterocycles. The number of rotatable bonds is 3.